The molecule has 0 radical (unpaired) electrons. The normalized spacial score (nSPS) is 11.5. The molecule has 0 fully saturated rings. The van der Waals surface area contributed by atoms with Crippen LogP contribution in [0, 0.1) is 13.8 Å². The highest BCUT2D eigenvalue weighted by atomic mass is 15.3. The van der Waals surface area contributed by atoms with Crippen molar-refractivity contribution >= 4 is 0 Å². The van der Waals surface area contributed by atoms with Crippen molar-refractivity contribution < 1.29 is 0 Å². The molecule has 1 aromatic heterocycles. The fourth-order valence-electron chi connectivity index (χ4n) is 2.49. The monoisotopic (exact) mass is 266 g/mol. The Morgan fingerprint density at radius 2 is 1.84 bits per heavy atom. The molecule has 1 N–H and O–H groups in total. The lowest BCUT2D eigenvalue weighted by Gasteiger charge is -2.17. The summed E-state index contributed by atoms with van der Waals surface area (Å²) in [5.41, 5.74) is 3.87. The van der Waals surface area contributed by atoms with Crippen LogP contribution in [0.3, 0.4) is 0 Å². The minimum atomic E-state index is 1.05. The molecule has 1 rings (SSSR count). The fraction of sp³-hybridized carbons (Fsp3) is 0.800. The van der Waals surface area contributed by atoms with Crippen molar-refractivity contribution in [1.29, 1.82) is 0 Å². The lowest BCUT2D eigenvalue weighted by Crippen LogP contribution is -2.27. The summed E-state index contributed by atoms with van der Waals surface area (Å²) in [5, 5.41) is 7.99. The van der Waals surface area contributed by atoms with Crippen LogP contribution in [0.25, 0.3) is 0 Å². The summed E-state index contributed by atoms with van der Waals surface area (Å²) >= 11 is 0. The van der Waals surface area contributed by atoms with Gasteiger partial charge >= 0.3 is 0 Å². The van der Waals surface area contributed by atoms with Gasteiger partial charge in [-0.3, -0.25) is 4.68 Å². The molecule has 1 aromatic rings. The van der Waals surface area contributed by atoms with Gasteiger partial charge in [0.2, 0.25) is 0 Å². The van der Waals surface area contributed by atoms with E-state index in [0.717, 1.165) is 32.6 Å². The van der Waals surface area contributed by atoms with Crippen molar-refractivity contribution in [2.75, 3.05) is 32.7 Å². The van der Waals surface area contributed by atoms with Gasteiger partial charge in [-0.05, 0) is 65.0 Å². The number of nitrogens with one attached hydrogen (secondary N) is 1. The molecule has 0 saturated heterocycles. The van der Waals surface area contributed by atoms with E-state index in [2.05, 4.69) is 43.0 Å². The van der Waals surface area contributed by atoms with Crippen LogP contribution in [-0.4, -0.2) is 47.4 Å². The number of aryl methyl sites for hydroxylation is 2. The molecule has 19 heavy (non-hydrogen) atoms. The van der Waals surface area contributed by atoms with Crippen molar-refractivity contribution in [2.45, 2.75) is 40.5 Å². The van der Waals surface area contributed by atoms with Crippen LogP contribution in [0.15, 0.2) is 0 Å². The summed E-state index contributed by atoms with van der Waals surface area (Å²) in [6.45, 7) is 14.4. The van der Waals surface area contributed by atoms with Crippen LogP contribution >= 0.6 is 0 Å². The third-order valence-electron chi connectivity index (χ3n) is 3.93. The summed E-state index contributed by atoms with van der Waals surface area (Å²) in [4.78, 5) is 2.47. The third kappa shape index (κ3) is 4.96. The Labute approximate surface area is 118 Å². The van der Waals surface area contributed by atoms with Gasteiger partial charge in [0.15, 0.2) is 0 Å². The molecule has 0 aliphatic rings. The average Bonchev–Trinajstić information content (AvgIpc) is 2.64. The summed E-state index contributed by atoms with van der Waals surface area (Å²) < 4.78 is 1.98. The first kappa shape index (κ1) is 16.2. The molecule has 0 aliphatic carbocycles. The van der Waals surface area contributed by atoms with Crippen LogP contribution in [0.4, 0.5) is 0 Å². The highest BCUT2D eigenvalue weighted by Gasteiger charge is 2.08. The Balaban J connectivity index is 2.17. The lowest BCUT2D eigenvalue weighted by molar-refractivity contribution is 0.298. The smallest absolute Gasteiger partial charge is 0.0628 e. The van der Waals surface area contributed by atoms with E-state index < -0.39 is 0 Å². The summed E-state index contributed by atoms with van der Waals surface area (Å²) in [5.74, 6) is 0. The maximum atomic E-state index is 4.45. The predicted octanol–water partition coefficient (Wildman–Crippen LogP) is 1.90. The number of hydrogen-bond donors (Lipinski definition) is 1. The van der Waals surface area contributed by atoms with Gasteiger partial charge < -0.3 is 10.2 Å². The zero-order valence-corrected chi connectivity index (χ0v) is 13.3. The lowest BCUT2D eigenvalue weighted by atomic mass is 10.1. The Kier molecular flexibility index (Phi) is 7.10. The van der Waals surface area contributed by atoms with Gasteiger partial charge in [0.1, 0.15) is 0 Å². The summed E-state index contributed by atoms with van der Waals surface area (Å²) in [6, 6.07) is 0. The first-order valence-corrected chi connectivity index (χ1v) is 7.52. The summed E-state index contributed by atoms with van der Waals surface area (Å²) in [6.07, 6.45) is 2.31. The van der Waals surface area contributed by atoms with Crippen LogP contribution in [0.1, 0.15) is 37.2 Å². The topological polar surface area (TPSA) is 33.1 Å². The molecule has 110 valence electrons. The molecule has 4 heteroatoms. The van der Waals surface area contributed by atoms with Crippen LogP contribution in [0.2, 0.25) is 0 Å². The van der Waals surface area contributed by atoms with Crippen LogP contribution in [-0.2, 0) is 13.5 Å². The van der Waals surface area contributed by atoms with Crippen molar-refractivity contribution in [1.82, 2.24) is 20.0 Å². The molecular weight excluding hydrogens is 236 g/mol. The molecule has 1 heterocycles. The highest BCUT2D eigenvalue weighted by molar-refractivity contribution is 5.24. The van der Waals surface area contributed by atoms with Gasteiger partial charge in [-0.15, -0.1) is 0 Å². The predicted molar refractivity (Wildman–Crippen MR) is 81.7 cm³/mol. The standard InChI is InChI=1S/C15H30N4/c1-6-19(7-2)12-8-10-16-11-9-15-13(3)17-18(5)14(15)4/h16H,6-12H2,1-5H3. The van der Waals surface area contributed by atoms with E-state index in [0.29, 0.717) is 0 Å². The van der Waals surface area contributed by atoms with E-state index in [4.69, 9.17) is 0 Å². The maximum absolute atomic E-state index is 4.45. The number of aromatic nitrogens is 2. The molecule has 0 aliphatic heterocycles. The maximum Gasteiger partial charge on any atom is 0.0628 e. The van der Waals surface area contributed by atoms with Crippen LogP contribution in [0.5, 0.6) is 0 Å². The van der Waals surface area contributed by atoms with Crippen LogP contribution < -0.4 is 5.32 Å². The molecule has 0 aromatic carbocycles. The molecule has 0 unspecified atom stereocenters. The SMILES string of the molecule is CCN(CC)CCCNCCc1c(C)nn(C)c1C. The van der Waals surface area contributed by atoms with Gasteiger partial charge in [0, 0.05) is 12.7 Å². The summed E-state index contributed by atoms with van der Waals surface area (Å²) in [7, 11) is 2.02. The van der Waals surface area contributed by atoms with E-state index in [1.54, 1.807) is 0 Å². The largest absolute Gasteiger partial charge is 0.316 e. The van der Waals surface area contributed by atoms with E-state index in [9.17, 15) is 0 Å². The Morgan fingerprint density at radius 1 is 1.16 bits per heavy atom. The first-order valence-electron chi connectivity index (χ1n) is 7.52. The Morgan fingerprint density at radius 3 is 2.37 bits per heavy atom. The fourth-order valence-corrected chi connectivity index (χ4v) is 2.49. The minimum absolute atomic E-state index is 1.05. The zero-order valence-electron chi connectivity index (χ0n) is 13.3. The zero-order chi connectivity index (χ0) is 14.3. The number of rotatable bonds is 9. The molecular formula is C15H30N4. The van der Waals surface area contributed by atoms with Gasteiger partial charge in [-0.25, -0.2) is 0 Å². The molecule has 0 atom stereocenters. The third-order valence-corrected chi connectivity index (χ3v) is 3.93. The molecule has 0 spiro atoms. The number of hydrogen-bond acceptors (Lipinski definition) is 3. The van der Waals surface area contributed by atoms with Gasteiger partial charge in [-0.1, -0.05) is 13.8 Å². The Bertz CT molecular complexity index is 366. The average molecular weight is 266 g/mol. The quantitative estimate of drug-likeness (QED) is 0.693. The van der Waals surface area contributed by atoms with Gasteiger partial charge in [0.25, 0.3) is 0 Å². The van der Waals surface area contributed by atoms with E-state index >= 15 is 0 Å². The molecule has 4 nitrogen and oxygen atoms in total. The second-order valence-electron chi connectivity index (χ2n) is 5.15. The highest BCUT2D eigenvalue weighted by Crippen LogP contribution is 2.11. The Hall–Kier alpha value is -0.870. The second-order valence-corrected chi connectivity index (χ2v) is 5.15. The van der Waals surface area contributed by atoms with Crippen molar-refractivity contribution in [2.24, 2.45) is 7.05 Å². The molecule has 0 amide bonds. The number of nitrogens with zero attached hydrogens (tertiary/aromatic N) is 3. The van der Waals surface area contributed by atoms with Crippen molar-refractivity contribution in [3.05, 3.63) is 17.0 Å². The minimum Gasteiger partial charge on any atom is -0.316 e. The van der Waals surface area contributed by atoms with E-state index in [1.165, 1.54) is 29.9 Å². The first-order chi connectivity index (χ1) is 9.10. The second kappa shape index (κ2) is 8.33. The van der Waals surface area contributed by atoms with Crippen molar-refractivity contribution in [3.8, 4) is 0 Å². The van der Waals surface area contributed by atoms with E-state index in [-0.39, 0.29) is 0 Å². The molecule has 0 saturated carbocycles. The van der Waals surface area contributed by atoms with Gasteiger partial charge in [-0.2, -0.15) is 5.10 Å². The van der Waals surface area contributed by atoms with Gasteiger partial charge in [0.05, 0.1) is 5.69 Å². The van der Waals surface area contributed by atoms with E-state index in [1.807, 2.05) is 11.7 Å². The molecule has 0 bridgehead atoms. The van der Waals surface area contributed by atoms with Crippen molar-refractivity contribution in [3.63, 3.8) is 0 Å².